The number of methoxy groups -OCH3 is 1. The molecular formula is C14H18FNO2S. The molecule has 5 heteroatoms. The van der Waals surface area contributed by atoms with Gasteiger partial charge < -0.3 is 10.1 Å². The fourth-order valence-corrected chi connectivity index (χ4v) is 3.50. The summed E-state index contributed by atoms with van der Waals surface area (Å²) >= 11 is 1.35. The first-order valence-electron chi connectivity index (χ1n) is 6.28. The second-order valence-electron chi connectivity index (χ2n) is 4.71. The van der Waals surface area contributed by atoms with Gasteiger partial charge in [0.25, 0.3) is 0 Å². The molecule has 1 aromatic carbocycles. The van der Waals surface area contributed by atoms with Crippen LogP contribution in [0.2, 0.25) is 0 Å². The van der Waals surface area contributed by atoms with Gasteiger partial charge in [-0.2, -0.15) is 0 Å². The summed E-state index contributed by atoms with van der Waals surface area (Å²) in [6, 6.07) is 6.61. The zero-order chi connectivity index (χ0) is 13.9. The van der Waals surface area contributed by atoms with Crippen LogP contribution in [0.3, 0.4) is 0 Å². The van der Waals surface area contributed by atoms with E-state index in [2.05, 4.69) is 5.32 Å². The van der Waals surface area contributed by atoms with E-state index in [1.807, 2.05) is 0 Å². The minimum atomic E-state index is -0.707. The fraction of sp³-hybridized carbons (Fsp3) is 0.500. The Morgan fingerprint density at radius 2 is 2.21 bits per heavy atom. The van der Waals surface area contributed by atoms with Crippen LogP contribution in [0.5, 0.6) is 0 Å². The van der Waals surface area contributed by atoms with E-state index in [4.69, 9.17) is 4.74 Å². The third-order valence-electron chi connectivity index (χ3n) is 3.56. The quantitative estimate of drug-likeness (QED) is 0.643. The van der Waals surface area contributed by atoms with E-state index in [0.717, 1.165) is 12.8 Å². The van der Waals surface area contributed by atoms with Crippen LogP contribution in [-0.4, -0.2) is 31.4 Å². The van der Waals surface area contributed by atoms with Gasteiger partial charge in [0, 0.05) is 10.6 Å². The Morgan fingerprint density at radius 3 is 2.74 bits per heavy atom. The molecule has 0 amide bonds. The van der Waals surface area contributed by atoms with Crippen molar-refractivity contribution in [3.63, 3.8) is 0 Å². The normalized spacial score (nSPS) is 17.8. The molecule has 1 aliphatic rings. The zero-order valence-electron chi connectivity index (χ0n) is 11.1. The van der Waals surface area contributed by atoms with Crippen LogP contribution in [0, 0.1) is 11.7 Å². The van der Waals surface area contributed by atoms with Gasteiger partial charge in [-0.05, 0) is 37.9 Å². The Hall–Kier alpha value is -1.07. The summed E-state index contributed by atoms with van der Waals surface area (Å²) in [6.07, 6.45) is 2.02. The van der Waals surface area contributed by atoms with E-state index < -0.39 is 5.54 Å². The predicted molar refractivity (Wildman–Crippen MR) is 73.7 cm³/mol. The number of hydrogen-bond donors (Lipinski definition) is 1. The van der Waals surface area contributed by atoms with Crippen LogP contribution < -0.4 is 5.32 Å². The smallest absolute Gasteiger partial charge is 0.327 e. The topological polar surface area (TPSA) is 38.3 Å². The Morgan fingerprint density at radius 1 is 1.53 bits per heavy atom. The number of ether oxygens (including phenoxy) is 1. The standard InChI is InChI=1S/C14H18FNO2S/c1-16-14(10-7-8-10,13(17)18-2)9-19-12-6-4-3-5-11(12)15/h3-6,10,16H,7-9H2,1-2H3. The Labute approximate surface area is 116 Å². The lowest BCUT2D eigenvalue weighted by Crippen LogP contribution is -2.55. The van der Waals surface area contributed by atoms with Gasteiger partial charge in [0.05, 0.1) is 7.11 Å². The summed E-state index contributed by atoms with van der Waals surface area (Å²) in [5.74, 6) is 0.241. The van der Waals surface area contributed by atoms with Crippen molar-refractivity contribution in [2.45, 2.75) is 23.3 Å². The second-order valence-corrected chi connectivity index (χ2v) is 5.72. The Kier molecular flexibility index (Phi) is 4.47. The molecular weight excluding hydrogens is 265 g/mol. The van der Waals surface area contributed by atoms with Crippen LogP contribution in [0.15, 0.2) is 29.2 Å². The van der Waals surface area contributed by atoms with E-state index in [1.54, 1.807) is 25.2 Å². The molecule has 1 N–H and O–H groups in total. The minimum Gasteiger partial charge on any atom is -0.468 e. The lowest BCUT2D eigenvalue weighted by Gasteiger charge is -2.30. The number of benzene rings is 1. The Balaban J connectivity index is 2.13. The summed E-state index contributed by atoms with van der Waals surface area (Å²) in [4.78, 5) is 12.6. The van der Waals surface area contributed by atoms with Crippen LogP contribution in [0.25, 0.3) is 0 Å². The molecule has 0 spiro atoms. The van der Waals surface area contributed by atoms with Gasteiger partial charge in [0.15, 0.2) is 0 Å². The van der Waals surface area contributed by atoms with Crippen molar-refractivity contribution < 1.29 is 13.9 Å². The zero-order valence-corrected chi connectivity index (χ0v) is 11.9. The number of carbonyl (C=O) groups is 1. The van der Waals surface area contributed by atoms with Crippen molar-refractivity contribution in [1.82, 2.24) is 5.32 Å². The summed E-state index contributed by atoms with van der Waals surface area (Å²) in [6.45, 7) is 0. The lowest BCUT2D eigenvalue weighted by molar-refractivity contribution is -0.148. The Bertz CT molecular complexity index is 465. The molecule has 0 aromatic heterocycles. The highest BCUT2D eigenvalue weighted by Gasteiger charge is 2.50. The summed E-state index contributed by atoms with van der Waals surface area (Å²) in [7, 11) is 3.15. The molecule has 0 saturated heterocycles. The first-order chi connectivity index (χ1) is 9.14. The lowest BCUT2D eigenvalue weighted by atomic mass is 9.96. The van der Waals surface area contributed by atoms with Gasteiger partial charge in [0.1, 0.15) is 11.4 Å². The average molecular weight is 283 g/mol. The number of thioether (sulfide) groups is 1. The largest absolute Gasteiger partial charge is 0.468 e. The highest BCUT2D eigenvalue weighted by molar-refractivity contribution is 7.99. The SMILES string of the molecule is CNC(CSc1ccccc1F)(C(=O)OC)C1CC1. The van der Waals surface area contributed by atoms with Gasteiger partial charge in [-0.3, -0.25) is 4.79 Å². The van der Waals surface area contributed by atoms with Crippen LogP contribution in [-0.2, 0) is 9.53 Å². The first-order valence-corrected chi connectivity index (χ1v) is 7.27. The summed E-state index contributed by atoms with van der Waals surface area (Å²) in [5, 5.41) is 3.10. The number of likely N-dealkylation sites (N-methyl/N-ethyl adjacent to an activating group) is 1. The van der Waals surface area contributed by atoms with Crippen molar-refractivity contribution in [1.29, 1.82) is 0 Å². The maximum Gasteiger partial charge on any atom is 0.327 e. The molecule has 1 unspecified atom stereocenters. The molecule has 1 atom stereocenters. The number of esters is 1. The van der Waals surface area contributed by atoms with E-state index >= 15 is 0 Å². The van der Waals surface area contributed by atoms with Gasteiger partial charge in [-0.25, -0.2) is 4.39 Å². The molecule has 0 radical (unpaired) electrons. The number of carbonyl (C=O) groups excluding carboxylic acids is 1. The van der Waals surface area contributed by atoms with Gasteiger partial charge in [-0.15, -0.1) is 11.8 Å². The van der Waals surface area contributed by atoms with Crippen LogP contribution >= 0.6 is 11.8 Å². The average Bonchev–Trinajstić information content (AvgIpc) is 3.26. The summed E-state index contributed by atoms with van der Waals surface area (Å²) in [5.41, 5.74) is -0.707. The molecule has 1 fully saturated rings. The van der Waals surface area contributed by atoms with Crippen molar-refractivity contribution in [3.05, 3.63) is 30.1 Å². The molecule has 0 heterocycles. The third kappa shape index (κ3) is 2.92. The molecule has 2 rings (SSSR count). The monoisotopic (exact) mass is 283 g/mol. The third-order valence-corrected chi connectivity index (χ3v) is 4.80. The number of nitrogens with one attached hydrogen (secondary N) is 1. The molecule has 0 bridgehead atoms. The number of halogens is 1. The molecule has 0 aliphatic heterocycles. The molecule has 1 aromatic rings. The van der Waals surface area contributed by atoms with Crippen LogP contribution in [0.4, 0.5) is 4.39 Å². The van der Waals surface area contributed by atoms with Crippen molar-refractivity contribution in [2.24, 2.45) is 5.92 Å². The molecule has 1 saturated carbocycles. The van der Waals surface area contributed by atoms with Crippen molar-refractivity contribution in [2.75, 3.05) is 19.9 Å². The minimum absolute atomic E-state index is 0.252. The number of rotatable bonds is 6. The first kappa shape index (κ1) is 14.3. The van der Waals surface area contributed by atoms with Gasteiger partial charge in [0.2, 0.25) is 0 Å². The van der Waals surface area contributed by atoms with E-state index in [-0.39, 0.29) is 17.7 Å². The van der Waals surface area contributed by atoms with E-state index in [1.165, 1.54) is 24.9 Å². The van der Waals surface area contributed by atoms with E-state index in [9.17, 15) is 9.18 Å². The predicted octanol–water partition coefficient (Wildman–Crippen LogP) is 2.46. The van der Waals surface area contributed by atoms with Gasteiger partial charge >= 0.3 is 5.97 Å². The maximum atomic E-state index is 13.6. The van der Waals surface area contributed by atoms with Crippen molar-refractivity contribution >= 4 is 17.7 Å². The maximum absolute atomic E-state index is 13.6. The second kappa shape index (κ2) is 5.92. The molecule has 1 aliphatic carbocycles. The highest BCUT2D eigenvalue weighted by Crippen LogP contribution is 2.43. The highest BCUT2D eigenvalue weighted by atomic mass is 32.2. The van der Waals surface area contributed by atoms with Crippen molar-refractivity contribution in [3.8, 4) is 0 Å². The molecule has 3 nitrogen and oxygen atoms in total. The summed E-state index contributed by atoms with van der Waals surface area (Å²) < 4.78 is 18.5. The molecule has 104 valence electrons. The van der Waals surface area contributed by atoms with Gasteiger partial charge in [-0.1, -0.05) is 12.1 Å². The van der Waals surface area contributed by atoms with E-state index in [0.29, 0.717) is 10.6 Å². The fourth-order valence-electron chi connectivity index (χ4n) is 2.23. The molecule has 19 heavy (non-hydrogen) atoms. The number of hydrogen-bond acceptors (Lipinski definition) is 4. The van der Waals surface area contributed by atoms with Crippen LogP contribution in [0.1, 0.15) is 12.8 Å².